The molecule has 2 aromatic carbocycles. The number of fused-ring (bicyclic) bond motifs is 1. The molecule has 0 saturated heterocycles. The Kier molecular flexibility index (Phi) is 4.85. The summed E-state index contributed by atoms with van der Waals surface area (Å²) >= 11 is 0. The van der Waals surface area contributed by atoms with E-state index in [-0.39, 0.29) is 5.91 Å². The van der Waals surface area contributed by atoms with E-state index in [1.807, 2.05) is 38.1 Å². The predicted octanol–water partition coefficient (Wildman–Crippen LogP) is 4.91. The summed E-state index contributed by atoms with van der Waals surface area (Å²) < 4.78 is 11.5. The van der Waals surface area contributed by atoms with Gasteiger partial charge < -0.3 is 14.1 Å². The van der Waals surface area contributed by atoms with E-state index in [0.29, 0.717) is 0 Å². The summed E-state index contributed by atoms with van der Waals surface area (Å²) in [4.78, 5) is 13.7. The molecule has 1 amide bonds. The third-order valence-electron chi connectivity index (χ3n) is 4.54. The molecule has 4 heteroatoms. The average Bonchev–Trinajstić information content (AvgIpc) is 3.06. The number of carbonyl (C=O) groups is 1. The van der Waals surface area contributed by atoms with Gasteiger partial charge in [-0.05, 0) is 31.1 Å². The highest BCUT2D eigenvalue weighted by Gasteiger charge is 2.18. The van der Waals surface area contributed by atoms with E-state index in [2.05, 4.69) is 12.1 Å². The van der Waals surface area contributed by atoms with Gasteiger partial charge in [-0.15, -0.1) is 0 Å². The number of hydrogen-bond donors (Lipinski definition) is 0. The summed E-state index contributed by atoms with van der Waals surface area (Å²) in [5.41, 5.74) is 5.59. The molecule has 4 nitrogen and oxygen atoms in total. The van der Waals surface area contributed by atoms with Crippen molar-refractivity contribution in [1.82, 2.24) is 4.90 Å². The fourth-order valence-corrected chi connectivity index (χ4v) is 3.11. The van der Waals surface area contributed by atoms with Crippen LogP contribution in [0.5, 0.6) is 5.75 Å². The molecule has 0 N–H and O–H groups in total. The van der Waals surface area contributed by atoms with E-state index in [9.17, 15) is 4.79 Å². The van der Waals surface area contributed by atoms with Crippen molar-refractivity contribution in [3.63, 3.8) is 0 Å². The van der Waals surface area contributed by atoms with Crippen molar-refractivity contribution in [2.45, 2.75) is 13.8 Å². The van der Waals surface area contributed by atoms with Crippen molar-refractivity contribution < 1.29 is 13.9 Å². The Bertz CT molecular complexity index is 982. The van der Waals surface area contributed by atoms with Gasteiger partial charge in [0.1, 0.15) is 11.3 Å². The Labute approximate surface area is 153 Å². The van der Waals surface area contributed by atoms with Crippen LogP contribution in [0, 0.1) is 6.92 Å². The number of aryl methyl sites for hydroxylation is 1. The van der Waals surface area contributed by atoms with Crippen molar-refractivity contribution in [3.8, 4) is 16.9 Å². The molecule has 0 radical (unpaired) electrons. The third-order valence-corrected chi connectivity index (χ3v) is 4.54. The molecule has 0 unspecified atom stereocenters. The summed E-state index contributed by atoms with van der Waals surface area (Å²) in [5.74, 6) is 0.671. The van der Waals surface area contributed by atoms with Gasteiger partial charge in [-0.2, -0.15) is 0 Å². The van der Waals surface area contributed by atoms with E-state index in [1.165, 1.54) is 0 Å². The number of rotatable bonds is 4. The van der Waals surface area contributed by atoms with E-state index in [1.54, 1.807) is 38.4 Å². The number of nitrogens with zero attached hydrogens (tertiary/aromatic N) is 1. The van der Waals surface area contributed by atoms with E-state index in [4.69, 9.17) is 9.15 Å². The molecule has 0 atom stereocenters. The van der Waals surface area contributed by atoms with E-state index >= 15 is 0 Å². The lowest BCUT2D eigenvalue weighted by Gasteiger charge is -2.14. The first kappa shape index (κ1) is 17.8. The van der Waals surface area contributed by atoms with Crippen LogP contribution >= 0.6 is 0 Å². The van der Waals surface area contributed by atoms with Gasteiger partial charge in [-0.1, -0.05) is 30.3 Å². The summed E-state index contributed by atoms with van der Waals surface area (Å²) in [7, 11) is 5.11. The standard InChI is InChI=1S/C22H23NO3/c1-14(11-20(24)23(3)4)17-12-18-19(16-9-7-6-8-10-16)13-26-22(18)15(2)21(17)25-5/h6-13H,1-5H3/b14-11+. The fraction of sp³-hybridized carbons (Fsp3) is 0.227. The maximum Gasteiger partial charge on any atom is 0.246 e. The van der Waals surface area contributed by atoms with Gasteiger partial charge in [-0.3, -0.25) is 4.79 Å². The number of furan rings is 1. The topological polar surface area (TPSA) is 42.7 Å². The van der Waals surface area contributed by atoms with Crippen LogP contribution in [0.15, 0.2) is 53.2 Å². The predicted molar refractivity (Wildman–Crippen MR) is 105 cm³/mol. The van der Waals surface area contributed by atoms with Crippen LogP contribution in [0.25, 0.3) is 27.7 Å². The van der Waals surface area contributed by atoms with Crippen LogP contribution in [-0.4, -0.2) is 32.0 Å². The quantitative estimate of drug-likeness (QED) is 0.629. The maximum atomic E-state index is 12.1. The minimum atomic E-state index is -0.0576. The SMILES string of the molecule is COc1c(/C(C)=C/C(=O)N(C)C)cc2c(-c3ccccc3)coc2c1C. The smallest absolute Gasteiger partial charge is 0.246 e. The number of ether oxygens (including phenoxy) is 1. The van der Waals surface area contributed by atoms with Gasteiger partial charge >= 0.3 is 0 Å². The van der Waals surface area contributed by atoms with Crippen molar-refractivity contribution in [2.24, 2.45) is 0 Å². The first-order chi connectivity index (χ1) is 12.4. The Morgan fingerprint density at radius 1 is 1.19 bits per heavy atom. The van der Waals surface area contributed by atoms with Crippen LogP contribution in [0.3, 0.4) is 0 Å². The Hall–Kier alpha value is -3.01. The third kappa shape index (κ3) is 3.10. The number of likely N-dealkylation sites (N-methyl/N-ethyl adjacent to an activating group) is 1. The summed E-state index contributed by atoms with van der Waals surface area (Å²) in [5, 5.41) is 1.01. The highest BCUT2D eigenvalue weighted by atomic mass is 16.5. The lowest BCUT2D eigenvalue weighted by Crippen LogP contribution is -2.19. The molecule has 0 aliphatic heterocycles. The summed E-state index contributed by atoms with van der Waals surface area (Å²) in [6.45, 7) is 3.90. The highest BCUT2D eigenvalue weighted by Crippen LogP contribution is 2.40. The second-order valence-corrected chi connectivity index (χ2v) is 6.53. The van der Waals surface area contributed by atoms with Crippen molar-refractivity contribution in [1.29, 1.82) is 0 Å². The molecule has 26 heavy (non-hydrogen) atoms. The molecule has 1 heterocycles. The minimum Gasteiger partial charge on any atom is -0.496 e. The van der Waals surface area contributed by atoms with Crippen molar-refractivity contribution >= 4 is 22.4 Å². The highest BCUT2D eigenvalue weighted by molar-refractivity contribution is 6.01. The minimum absolute atomic E-state index is 0.0576. The lowest BCUT2D eigenvalue weighted by molar-refractivity contribution is -0.123. The number of carbonyl (C=O) groups excluding carboxylic acids is 1. The zero-order chi connectivity index (χ0) is 18.8. The zero-order valence-corrected chi connectivity index (χ0v) is 15.8. The molecule has 3 rings (SSSR count). The van der Waals surface area contributed by atoms with Gasteiger partial charge in [0.2, 0.25) is 5.91 Å². The first-order valence-corrected chi connectivity index (χ1v) is 8.48. The van der Waals surface area contributed by atoms with Gasteiger partial charge in [0.05, 0.1) is 13.4 Å². The van der Waals surface area contributed by atoms with Crippen molar-refractivity contribution in [3.05, 3.63) is 59.9 Å². The molecular weight excluding hydrogens is 326 g/mol. The van der Waals surface area contributed by atoms with Gasteiger partial charge in [-0.25, -0.2) is 0 Å². The molecule has 134 valence electrons. The van der Waals surface area contributed by atoms with Gasteiger partial charge in [0.15, 0.2) is 0 Å². The van der Waals surface area contributed by atoms with E-state index in [0.717, 1.165) is 44.5 Å². The molecular formula is C22H23NO3. The van der Waals surface area contributed by atoms with Gasteiger partial charge in [0.25, 0.3) is 0 Å². The molecule has 0 bridgehead atoms. The van der Waals surface area contributed by atoms with Crippen molar-refractivity contribution in [2.75, 3.05) is 21.2 Å². The molecule has 0 saturated carbocycles. The first-order valence-electron chi connectivity index (χ1n) is 8.48. The van der Waals surface area contributed by atoms with E-state index < -0.39 is 0 Å². The van der Waals surface area contributed by atoms with Crippen LogP contribution in [0.2, 0.25) is 0 Å². The second-order valence-electron chi connectivity index (χ2n) is 6.53. The summed E-state index contributed by atoms with van der Waals surface area (Å²) in [6, 6.07) is 12.2. The molecule has 0 spiro atoms. The Morgan fingerprint density at radius 3 is 2.50 bits per heavy atom. The lowest BCUT2D eigenvalue weighted by atomic mass is 9.96. The maximum absolute atomic E-state index is 12.1. The van der Waals surface area contributed by atoms with Crippen LogP contribution in [-0.2, 0) is 4.79 Å². The largest absolute Gasteiger partial charge is 0.496 e. The van der Waals surface area contributed by atoms with Crippen LogP contribution < -0.4 is 4.74 Å². The number of methoxy groups -OCH3 is 1. The Morgan fingerprint density at radius 2 is 1.88 bits per heavy atom. The number of allylic oxidation sites excluding steroid dienone is 1. The zero-order valence-electron chi connectivity index (χ0n) is 15.8. The summed E-state index contributed by atoms with van der Waals surface area (Å²) in [6.07, 6.45) is 3.41. The average molecular weight is 349 g/mol. The molecule has 0 aliphatic carbocycles. The van der Waals surface area contributed by atoms with Crippen LogP contribution in [0.4, 0.5) is 0 Å². The molecule has 0 fully saturated rings. The number of benzene rings is 2. The monoisotopic (exact) mass is 349 g/mol. The molecule has 1 aromatic heterocycles. The normalized spacial score (nSPS) is 11.7. The molecule has 0 aliphatic rings. The molecule has 3 aromatic rings. The number of hydrogen-bond acceptors (Lipinski definition) is 3. The number of amides is 1. The fourth-order valence-electron chi connectivity index (χ4n) is 3.11. The second kappa shape index (κ2) is 7.08. The van der Waals surface area contributed by atoms with Gasteiger partial charge in [0, 0.05) is 42.2 Å². The Balaban J connectivity index is 2.24. The van der Waals surface area contributed by atoms with Crippen LogP contribution in [0.1, 0.15) is 18.1 Å².